The van der Waals surface area contributed by atoms with E-state index in [1.165, 1.54) is 12.3 Å². The lowest BCUT2D eigenvalue weighted by atomic mass is 10.1. The van der Waals surface area contributed by atoms with E-state index in [9.17, 15) is 9.90 Å². The van der Waals surface area contributed by atoms with Crippen molar-refractivity contribution >= 4 is 17.6 Å². The summed E-state index contributed by atoms with van der Waals surface area (Å²) in [7, 11) is 0. The average molecular weight is 202 g/mol. The Morgan fingerprint density at radius 3 is 2.77 bits per heavy atom. The first kappa shape index (κ1) is 9.95. The molecule has 0 bridgehead atoms. The maximum atomic E-state index is 10.2. The van der Waals surface area contributed by atoms with Crippen LogP contribution < -0.4 is 0 Å². The van der Waals surface area contributed by atoms with Crippen LogP contribution in [0.5, 0.6) is 0 Å². The minimum atomic E-state index is -1.05. The summed E-state index contributed by atoms with van der Waals surface area (Å²) in [6.07, 6.45) is 0.00136. The van der Waals surface area contributed by atoms with Crippen LogP contribution in [-0.2, 0) is 4.79 Å². The van der Waals surface area contributed by atoms with Gasteiger partial charge in [-0.25, -0.2) is 4.98 Å². The largest absolute Gasteiger partial charge is 0.481 e. The molecule has 0 aliphatic heterocycles. The van der Waals surface area contributed by atoms with Crippen LogP contribution in [0, 0.1) is 0 Å². The number of aliphatic hydroxyl groups is 1. The van der Waals surface area contributed by atoms with E-state index in [-0.39, 0.29) is 6.42 Å². The highest BCUT2D eigenvalue weighted by Gasteiger charge is 2.11. The van der Waals surface area contributed by atoms with Gasteiger partial charge in [0.2, 0.25) is 0 Å². The Kier molecular flexibility index (Phi) is 3.22. The fraction of sp³-hybridized carbons (Fsp3) is 0.250. The first-order valence-corrected chi connectivity index (χ1v) is 3.98. The molecule has 1 heterocycles. The zero-order valence-corrected chi connectivity index (χ0v) is 7.40. The molecule has 0 saturated heterocycles. The van der Waals surface area contributed by atoms with E-state index < -0.39 is 12.1 Å². The second-order valence-electron chi connectivity index (χ2n) is 2.53. The van der Waals surface area contributed by atoms with Crippen LogP contribution in [0.15, 0.2) is 18.3 Å². The second kappa shape index (κ2) is 4.20. The minimum absolute atomic E-state index is 0.311. The maximum Gasteiger partial charge on any atom is 0.306 e. The Morgan fingerprint density at radius 2 is 2.31 bits per heavy atom. The van der Waals surface area contributed by atoms with E-state index in [0.29, 0.717) is 10.7 Å². The Labute approximate surface area is 79.8 Å². The van der Waals surface area contributed by atoms with Crippen LogP contribution in [0.3, 0.4) is 0 Å². The quantitative estimate of drug-likeness (QED) is 0.722. The van der Waals surface area contributed by atoms with Crippen molar-refractivity contribution < 1.29 is 15.0 Å². The molecule has 1 atom stereocenters. The molecule has 0 aliphatic carbocycles. The Bertz CT molecular complexity index is 299. The standard InChI is InChI=1S/C8H8ClNO3/c9-7-2-1-5(4-10-7)6(11)3-8(12)13/h1-2,4,6,11H,3H2,(H,12,13)/t6-/m0/s1. The van der Waals surface area contributed by atoms with Crippen LogP contribution in [0.2, 0.25) is 5.15 Å². The zero-order chi connectivity index (χ0) is 9.84. The summed E-state index contributed by atoms with van der Waals surface area (Å²) in [6, 6.07) is 3.05. The molecule has 1 rings (SSSR count). The van der Waals surface area contributed by atoms with Gasteiger partial charge >= 0.3 is 5.97 Å². The molecule has 1 aromatic heterocycles. The minimum Gasteiger partial charge on any atom is -0.481 e. The number of hydrogen-bond acceptors (Lipinski definition) is 3. The molecule has 0 spiro atoms. The molecule has 0 amide bonds. The van der Waals surface area contributed by atoms with Gasteiger partial charge in [0.25, 0.3) is 0 Å². The Morgan fingerprint density at radius 1 is 1.62 bits per heavy atom. The van der Waals surface area contributed by atoms with Crippen molar-refractivity contribution in [3.05, 3.63) is 29.0 Å². The molecule has 2 N–H and O–H groups in total. The van der Waals surface area contributed by atoms with Gasteiger partial charge < -0.3 is 10.2 Å². The van der Waals surface area contributed by atoms with Crippen LogP contribution in [0.1, 0.15) is 18.1 Å². The summed E-state index contributed by atoms with van der Waals surface area (Å²) in [5, 5.41) is 18.0. The summed E-state index contributed by atoms with van der Waals surface area (Å²) in [4.78, 5) is 14.0. The summed E-state index contributed by atoms with van der Waals surface area (Å²) < 4.78 is 0. The fourth-order valence-electron chi connectivity index (χ4n) is 0.868. The van der Waals surface area contributed by atoms with Gasteiger partial charge in [-0.15, -0.1) is 0 Å². The number of carboxylic acid groups (broad SMARTS) is 1. The molecule has 4 nitrogen and oxygen atoms in total. The van der Waals surface area contributed by atoms with Gasteiger partial charge in [-0.1, -0.05) is 17.7 Å². The van der Waals surface area contributed by atoms with E-state index >= 15 is 0 Å². The fourth-order valence-corrected chi connectivity index (χ4v) is 0.979. The predicted molar refractivity (Wildman–Crippen MR) is 46.5 cm³/mol. The first-order valence-electron chi connectivity index (χ1n) is 3.61. The molecule has 0 saturated carbocycles. The number of carboxylic acids is 1. The lowest BCUT2D eigenvalue weighted by Gasteiger charge is -2.06. The molecule has 70 valence electrons. The lowest BCUT2D eigenvalue weighted by molar-refractivity contribution is -0.139. The molecule has 0 unspecified atom stereocenters. The van der Waals surface area contributed by atoms with Crippen molar-refractivity contribution in [1.29, 1.82) is 0 Å². The highest BCUT2D eigenvalue weighted by atomic mass is 35.5. The van der Waals surface area contributed by atoms with Crippen molar-refractivity contribution in [2.75, 3.05) is 0 Å². The molecular weight excluding hydrogens is 194 g/mol. The number of halogens is 1. The van der Waals surface area contributed by atoms with Crippen molar-refractivity contribution in [2.24, 2.45) is 0 Å². The summed E-state index contributed by atoms with van der Waals surface area (Å²) >= 11 is 5.51. The van der Waals surface area contributed by atoms with Crippen LogP contribution in [0.4, 0.5) is 0 Å². The van der Waals surface area contributed by atoms with E-state index in [0.717, 1.165) is 0 Å². The number of hydrogen-bond donors (Lipinski definition) is 2. The van der Waals surface area contributed by atoms with Crippen LogP contribution in [-0.4, -0.2) is 21.2 Å². The number of rotatable bonds is 3. The third kappa shape index (κ3) is 3.01. The monoisotopic (exact) mass is 201 g/mol. The predicted octanol–water partition coefficient (Wildman–Crippen LogP) is 1.24. The Balaban J connectivity index is 2.71. The molecule has 0 aliphatic rings. The SMILES string of the molecule is O=C(O)C[C@H](O)c1ccc(Cl)nc1. The van der Waals surface area contributed by atoms with Gasteiger partial charge in [-0.2, -0.15) is 0 Å². The molecular formula is C8H8ClNO3. The van der Waals surface area contributed by atoms with Crippen molar-refractivity contribution in [2.45, 2.75) is 12.5 Å². The number of carbonyl (C=O) groups is 1. The van der Waals surface area contributed by atoms with E-state index in [1.807, 2.05) is 0 Å². The van der Waals surface area contributed by atoms with Gasteiger partial charge in [-0.05, 0) is 11.6 Å². The van der Waals surface area contributed by atoms with Crippen molar-refractivity contribution in [1.82, 2.24) is 4.98 Å². The van der Waals surface area contributed by atoms with E-state index in [4.69, 9.17) is 16.7 Å². The lowest BCUT2D eigenvalue weighted by Crippen LogP contribution is -2.05. The Hall–Kier alpha value is -1.13. The molecule has 0 aromatic carbocycles. The molecule has 5 heteroatoms. The van der Waals surface area contributed by atoms with Gasteiger partial charge in [0.15, 0.2) is 0 Å². The number of aromatic nitrogens is 1. The molecule has 1 aromatic rings. The molecule has 0 radical (unpaired) electrons. The van der Waals surface area contributed by atoms with Gasteiger partial charge in [0.05, 0.1) is 12.5 Å². The van der Waals surface area contributed by atoms with Crippen LogP contribution in [0.25, 0.3) is 0 Å². The van der Waals surface area contributed by atoms with Crippen molar-refractivity contribution in [3.63, 3.8) is 0 Å². The summed E-state index contributed by atoms with van der Waals surface area (Å²) in [6.45, 7) is 0. The third-order valence-corrected chi connectivity index (χ3v) is 1.73. The second-order valence-corrected chi connectivity index (χ2v) is 2.92. The maximum absolute atomic E-state index is 10.2. The normalized spacial score (nSPS) is 12.5. The van der Waals surface area contributed by atoms with Crippen LogP contribution >= 0.6 is 11.6 Å². The summed E-state index contributed by atoms with van der Waals surface area (Å²) in [5.74, 6) is -1.05. The van der Waals surface area contributed by atoms with E-state index in [1.54, 1.807) is 6.07 Å². The topological polar surface area (TPSA) is 70.4 Å². The van der Waals surface area contributed by atoms with Gasteiger partial charge in [0, 0.05) is 6.20 Å². The highest BCUT2D eigenvalue weighted by molar-refractivity contribution is 6.29. The number of aliphatic carboxylic acids is 1. The first-order chi connectivity index (χ1) is 6.09. The smallest absolute Gasteiger partial charge is 0.306 e. The molecule has 13 heavy (non-hydrogen) atoms. The van der Waals surface area contributed by atoms with Crippen molar-refractivity contribution in [3.8, 4) is 0 Å². The van der Waals surface area contributed by atoms with E-state index in [2.05, 4.69) is 4.98 Å². The van der Waals surface area contributed by atoms with Gasteiger partial charge in [-0.3, -0.25) is 4.79 Å². The number of pyridine rings is 1. The number of nitrogens with zero attached hydrogens (tertiary/aromatic N) is 1. The third-order valence-electron chi connectivity index (χ3n) is 1.50. The molecule has 0 fully saturated rings. The van der Waals surface area contributed by atoms with Gasteiger partial charge in [0.1, 0.15) is 5.15 Å². The summed E-state index contributed by atoms with van der Waals surface area (Å²) in [5.41, 5.74) is 0.451. The zero-order valence-electron chi connectivity index (χ0n) is 6.64. The highest BCUT2D eigenvalue weighted by Crippen LogP contribution is 2.16. The number of aliphatic hydroxyl groups excluding tert-OH is 1. The average Bonchev–Trinajstić information content (AvgIpc) is 2.04.